The normalized spacial score (nSPS) is 13.6. The Bertz CT molecular complexity index is 337. The average Bonchev–Trinajstić information content (AvgIpc) is 2.97. The molecule has 6 heteroatoms. The van der Waals surface area contributed by atoms with Crippen LogP contribution in [0.2, 0.25) is 0 Å². The van der Waals surface area contributed by atoms with Crippen molar-refractivity contribution in [2.75, 3.05) is 52.9 Å². The molecule has 0 spiro atoms. The quantitative estimate of drug-likeness (QED) is 0.489. The van der Waals surface area contributed by atoms with Gasteiger partial charge in [0.15, 0.2) is 0 Å². The second-order valence-electron chi connectivity index (χ2n) is 4.49. The highest BCUT2D eigenvalue weighted by molar-refractivity contribution is 5.67. The minimum Gasteiger partial charge on any atom is -0.480 e. The van der Waals surface area contributed by atoms with Crippen molar-refractivity contribution in [1.29, 1.82) is 0 Å². The lowest BCUT2D eigenvalue weighted by Gasteiger charge is -2.07. The van der Waals surface area contributed by atoms with Crippen LogP contribution in [0.25, 0.3) is 0 Å². The fourth-order valence-corrected chi connectivity index (χ4v) is 1.70. The van der Waals surface area contributed by atoms with E-state index in [4.69, 9.17) is 24.1 Å². The molecule has 0 radical (unpaired) electrons. The third-order valence-corrected chi connectivity index (χ3v) is 2.76. The fraction of sp³-hybridized carbons (Fsp3) is 0.667. The summed E-state index contributed by atoms with van der Waals surface area (Å²) in [5.74, 6) is -0.973. The maximum absolute atomic E-state index is 10.2. The number of aliphatic carboxylic acids is 1. The standard InChI is InChI=1S/C15H24O6/c16-15(17)13-21-12-11-20-10-9-19-8-7-18-6-5-14-3-1-2-4-14/h1-3H,4-13H2,(H,16,17). The number of carboxylic acids is 1. The number of carbonyl (C=O) groups is 1. The number of allylic oxidation sites excluding steroid dienone is 3. The molecule has 0 fully saturated rings. The van der Waals surface area contributed by atoms with Gasteiger partial charge in [-0.15, -0.1) is 0 Å². The van der Waals surface area contributed by atoms with Gasteiger partial charge >= 0.3 is 5.97 Å². The van der Waals surface area contributed by atoms with Crippen LogP contribution < -0.4 is 0 Å². The Balaban J connectivity index is 1.70. The summed E-state index contributed by atoms with van der Waals surface area (Å²) in [5.41, 5.74) is 1.41. The zero-order chi connectivity index (χ0) is 15.2. The summed E-state index contributed by atoms with van der Waals surface area (Å²) < 4.78 is 20.8. The van der Waals surface area contributed by atoms with Gasteiger partial charge in [-0.25, -0.2) is 4.79 Å². The second-order valence-corrected chi connectivity index (χ2v) is 4.49. The van der Waals surface area contributed by atoms with Crippen molar-refractivity contribution in [3.05, 3.63) is 23.8 Å². The fourth-order valence-electron chi connectivity index (χ4n) is 1.70. The monoisotopic (exact) mass is 300 g/mol. The SMILES string of the molecule is O=C(O)COCCOCCOCCOCCC1=CC=CC1. The molecule has 0 aromatic carbocycles. The zero-order valence-corrected chi connectivity index (χ0v) is 12.3. The minimum absolute atomic E-state index is 0.278. The molecule has 120 valence electrons. The summed E-state index contributed by atoms with van der Waals surface area (Å²) in [6.45, 7) is 3.19. The number of carboxylic acid groups (broad SMARTS) is 1. The highest BCUT2D eigenvalue weighted by atomic mass is 16.6. The van der Waals surface area contributed by atoms with Crippen LogP contribution in [-0.2, 0) is 23.7 Å². The van der Waals surface area contributed by atoms with Crippen LogP contribution in [-0.4, -0.2) is 63.9 Å². The van der Waals surface area contributed by atoms with Gasteiger partial charge in [0.1, 0.15) is 6.61 Å². The molecule has 1 aliphatic carbocycles. The lowest BCUT2D eigenvalue weighted by atomic mass is 10.2. The Morgan fingerprint density at radius 1 is 0.952 bits per heavy atom. The van der Waals surface area contributed by atoms with Crippen molar-refractivity contribution in [3.63, 3.8) is 0 Å². The highest BCUT2D eigenvalue weighted by Crippen LogP contribution is 2.13. The Morgan fingerprint density at radius 2 is 1.52 bits per heavy atom. The Labute approximate surface area is 125 Å². The van der Waals surface area contributed by atoms with E-state index in [0.29, 0.717) is 33.0 Å². The van der Waals surface area contributed by atoms with E-state index in [2.05, 4.69) is 18.2 Å². The second kappa shape index (κ2) is 12.5. The summed E-state index contributed by atoms with van der Waals surface area (Å²) in [6.07, 6.45) is 8.38. The maximum atomic E-state index is 10.2. The molecule has 1 rings (SSSR count). The van der Waals surface area contributed by atoms with Crippen LogP contribution in [0.15, 0.2) is 23.8 Å². The van der Waals surface area contributed by atoms with Crippen LogP contribution in [0.3, 0.4) is 0 Å². The first kappa shape index (κ1) is 17.8. The largest absolute Gasteiger partial charge is 0.480 e. The van der Waals surface area contributed by atoms with Crippen molar-refractivity contribution in [2.24, 2.45) is 0 Å². The average molecular weight is 300 g/mol. The molecule has 0 saturated heterocycles. The Kier molecular flexibility index (Phi) is 10.6. The van der Waals surface area contributed by atoms with E-state index in [1.807, 2.05) is 0 Å². The molecule has 6 nitrogen and oxygen atoms in total. The van der Waals surface area contributed by atoms with Crippen LogP contribution in [0, 0.1) is 0 Å². The van der Waals surface area contributed by atoms with Gasteiger partial charge in [-0.2, -0.15) is 0 Å². The van der Waals surface area contributed by atoms with Gasteiger partial charge in [0, 0.05) is 0 Å². The van der Waals surface area contributed by atoms with Crippen molar-refractivity contribution < 1.29 is 28.8 Å². The van der Waals surface area contributed by atoms with Crippen LogP contribution in [0.4, 0.5) is 0 Å². The summed E-state index contributed by atoms with van der Waals surface area (Å²) >= 11 is 0. The molecule has 0 bridgehead atoms. The van der Waals surface area contributed by atoms with Crippen LogP contribution in [0.5, 0.6) is 0 Å². The molecule has 21 heavy (non-hydrogen) atoms. The van der Waals surface area contributed by atoms with Gasteiger partial charge in [-0.05, 0) is 12.8 Å². The predicted octanol–water partition coefficient (Wildman–Crippen LogP) is 1.41. The van der Waals surface area contributed by atoms with Gasteiger partial charge in [0.2, 0.25) is 0 Å². The third-order valence-electron chi connectivity index (χ3n) is 2.76. The number of hydrogen-bond donors (Lipinski definition) is 1. The molecule has 0 aromatic rings. The van der Waals surface area contributed by atoms with Gasteiger partial charge in [-0.3, -0.25) is 0 Å². The lowest BCUT2D eigenvalue weighted by Crippen LogP contribution is -2.14. The first-order valence-corrected chi connectivity index (χ1v) is 7.16. The number of hydrogen-bond acceptors (Lipinski definition) is 5. The number of rotatable bonds is 14. The molecule has 0 aromatic heterocycles. The zero-order valence-electron chi connectivity index (χ0n) is 12.3. The smallest absolute Gasteiger partial charge is 0.329 e. The van der Waals surface area contributed by atoms with E-state index in [9.17, 15) is 4.79 Å². The summed E-state index contributed by atoms with van der Waals surface area (Å²) in [5, 5.41) is 8.33. The van der Waals surface area contributed by atoms with Gasteiger partial charge in [0.25, 0.3) is 0 Å². The maximum Gasteiger partial charge on any atom is 0.329 e. The predicted molar refractivity (Wildman–Crippen MR) is 77.4 cm³/mol. The van der Waals surface area contributed by atoms with Crippen molar-refractivity contribution >= 4 is 5.97 Å². The first-order valence-electron chi connectivity index (χ1n) is 7.16. The third kappa shape index (κ3) is 11.2. The van der Waals surface area contributed by atoms with Crippen molar-refractivity contribution in [1.82, 2.24) is 0 Å². The molecule has 0 unspecified atom stereocenters. The molecule has 0 atom stereocenters. The van der Waals surface area contributed by atoms with E-state index < -0.39 is 5.97 Å². The molecule has 0 saturated carbocycles. The van der Waals surface area contributed by atoms with E-state index in [-0.39, 0.29) is 13.2 Å². The first-order chi connectivity index (χ1) is 10.3. The summed E-state index contributed by atoms with van der Waals surface area (Å²) in [4.78, 5) is 10.2. The van der Waals surface area contributed by atoms with Crippen molar-refractivity contribution in [3.8, 4) is 0 Å². The topological polar surface area (TPSA) is 74.2 Å². The highest BCUT2D eigenvalue weighted by Gasteiger charge is 1.99. The van der Waals surface area contributed by atoms with E-state index >= 15 is 0 Å². The van der Waals surface area contributed by atoms with Crippen LogP contribution >= 0.6 is 0 Å². The number of ether oxygens (including phenoxy) is 4. The van der Waals surface area contributed by atoms with Crippen LogP contribution in [0.1, 0.15) is 12.8 Å². The molecule has 1 N–H and O–H groups in total. The minimum atomic E-state index is -0.973. The van der Waals surface area contributed by atoms with Gasteiger partial charge in [0.05, 0.1) is 46.2 Å². The summed E-state index contributed by atoms with van der Waals surface area (Å²) in [7, 11) is 0. The molecular formula is C15H24O6. The molecule has 1 aliphatic rings. The van der Waals surface area contributed by atoms with E-state index in [1.165, 1.54) is 5.57 Å². The Morgan fingerprint density at radius 3 is 2.05 bits per heavy atom. The molecular weight excluding hydrogens is 276 g/mol. The molecule has 0 amide bonds. The van der Waals surface area contributed by atoms with E-state index in [1.54, 1.807) is 0 Å². The van der Waals surface area contributed by atoms with Gasteiger partial charge < -0.3 is 24.1 Å². The van der Waals surface area contributed by atoms with Crippen molar-refractivity contribution in [2.45, 2.75) is 12.8 Å². The summed E-state index contributed by atoms with van der Waals surface area (Å²) in [6, 6.07) is 0. The molecule has 0 aliphatic heterocycles. The Hall–Kier alpha value is -1.21. The molecule has 0 heterocycles. The van der Waals surface area contributed by atoms with Gasteiger partial charge in [-0.1, -0.05) is 23.8 Å². The lowest BCUT2D eigenvalue weighted by molar-refractivity contribution is -0.142. The van der Waals surface area contributed by atoms with E-state index in [0.717, 1.165) is 19.4 Å².